The highest BCUT2D eigenvalue weighted by atomic mass is 16.6. The lowest BCUT2D eigenvalue weighted by molar-refractivity contribution is -0.385. The SMILES string of the molecule is N#CC1=C(N)C(C#N)(C#N)[C@@H](c2ccc(C(=O)O)cc2[N+](=O)[O-])[C@H]2CCCC=C12. The van der Waals surface area contributed by atoms with Crippen LogP contribution in [0, 0.1) is 55.4 Å². The summed E-state index contributed by atoms with van der Waals surface area (Å²) in [4.78, 5) is 22.3. The van der Waals surface area contributed by atoms with Gasteiger partial charge in [0.2, 0.25) is 0 Å². The molecule has 0 amide bonds. The number of aromatic carboxylic acids is 1. The molecule has 29 heavy (non-hydrogen) atoms. The van der Waals surface area contributed by atoms with E-state index in [1.807, 2.05) is 24.3 Å². The Morgan fingerprint density at radius 2 is 2.00 bits per heavy atom. The average Bonchev–Trinajstić information content (AvgIpc) is 2.72. The summed E-state index contributed by atoms with van der Waals surface area (Å²) in [6.07, 6.45) is 3.74. The standard InChI is InChI=1S/C20H15N5O4/c21-8-15-12-3-1-2-4-13(12)17(20(9-22,10-23)18(15)24)14-6-5-11(19(26)27)7-16(14)25(28)29/h3,5-7,13,17H,1-2,4,24H2,(H,26,27)/t13-,17+/m0/s1. The summed E-state index contributed by atoms with van der Waals surface area (Å²) in [5.74, 6) is -2.84. The number of nitriles is 3. The molecule has 0 spiro atoms. The molecule has 0 bridgehead atoms. The van der Waals surface area contributed by atoms with Gasteiger partial charge in [0, 0.05) is 17.5 Å². The van der Waals surface area contributed by atoms with Crippen molar-refractivity contribution >= 4 is 11.7 Å². The fourth-order valence-corrected chi connectivity index (χ4v) is 4.31. The van der Waals surface area contributed by atoms with Crippen LogP contribution >= 0.6 is 0 Å². The number of hydrogen-bond acceptors (Lipinski definition) is 7. The van der Waals surface area contributed by atoms with E-state index in [1.54, 1.807) is 0 Å². The number of carbonyl (C=O) groups is 1. The van der Waals surface area contributed by atoms with Gasteiger partial charge in [0.25, 0.3) is 5.69 Å². The first-order valence-electron chi connectivity index (χ1n) is 8.77. The highest BCUT2D eigenvalue weighted by Crippen LogP contribution is 2.57. The largest absolute Gasteiger partial charge is 0.478 e. The number of hydrogen-bond donors (Lipinski definition) is 2. The van der Waals surface area contributed by atoms with Crippen molar-refractivity contribution in [2.24, 2.45) is 17.1 Å². The third-order valence-electron chi connectivity index (χ3n) is 5.61. The maximum Gasteiger partial charge on any atom is 0.335 e. The molecule has 2 aliphatic rings. The first kappa shape index (κ1) is 19.6. The summed E-state index contributed by atoms with van der Waals surface area (Å²) in [7, 11) is 0. The lowest BCUT2D eigenvalue weighted by atomic mass is 9.56. The quantitative estimate of drug-likeness (QED) is 0.585. The van der Waals surface area contributed by atoms with E-state index in [2.05, 4.69) is 0 Å². The van der Waals surface area contributed by atoms with Crippen molar-refractivity contribution in [3.63, 3.8) is 0 Å². The normalized spacial score (nSPS) is 22.3. The van der Waals surface area contributed by atoms with Gasteiger partial charge in [-0.1, -0.05) is 12.1 Å². The van der Waals surface area contributed by atoms with E-state index in [9.17, 15) is 35.8 Å². The van der Waals surface area contributed by atoms with Crippen LogP contribution in [0.3, 0.4) is 0 Å². The van der Waals surface area contributed by atoms with E-state index in [0.717, 1.165) is 12.5 Å². The molecule has 0 saturated carbocycles. The fraction of sp³-hybridized carbons (Fsp3) is 0.300. The third kappa shape index (κ3) is 2.79. The molecule has 9 heteroatoms. The van der Waals surface area contributed by atoms with E-state index in [1.165, 1.54) is 12.1 Å². The molecule has 3 N–H and O–H groups in total. The number of benzene rings is 1. The van der Waals surface area contributed by atoms with Crippen molar-refractivity contribution < 1.29 is 14.8 Å². The predicted molar refractivity (Wildman–Crippen MR) is 98.7 cm³/mol. The monoisotopic (exact) mass is 389 g/mol. The Labute approximate surface area is 165 Å². The van der Waals surface area contributed by atoms with Gasteiger partial charge in [-0.15, -0.1) is 0 Å². The van der Waals surface area contributed by atoms with Crippen LogP contribution < -0.4 is 5.73 Å². The number of nitro groups is 1. The van der Waals surface area contributed by atoms with Crippen LogP contribution in [-0.4, -0.2) is 16.0 Å². The zero-order valence-electron chi connectivity index (χ0n) is 15.1. The van der Waals surface area contributed by atoms with Crippen molar-refractivity contribution in [2.45, 2.75) is 25.2 Å². The van der Waals surface area contributed by atoms with Crippen molar-refractivity contribution in [1.82, 2.24) is 0 Å². The summed E-state index contributed by atoms with van der Waals surface area (Å²) >= 11 is 0. The lowest BCUT2D eigenvalue weighted by Gasteiger charge is -2.43. The Hall–Kier alpha value is -4.16. The minimum atomic E-state index is -1.99. The molecule has 1 aromatic carbocycles. The Morgan fingerprint density at radius 3 is 2.55 bits per heavy atom. The van der Waals surface area contributed by atoms with Crippen LogP contribution in [0.2, 0.25) is 0 Å². The Balaban J connectivity index is 2.39. The van der Waals surface area contributed by atoms with Gasteiger partial charge in [0.1, 0.15) is 6.07 Å². The molecule has 2 aliphatic carbocycles. The molecule has 0 fully saturated rings. The Kier molecular flexibility index (Phi) is 4.80. The molecule has 0 unspecified atom stereocenters. The van der Waals surface area contributed by atoms with Gasteiger partial charge >= 0.3 is 5.97 Å². The third-order valence-corrected chi connectivity index (χ3v) is 5.61. The molecule has 9 nitrogen and oxygen atoms in total. The van der Waals surface area contributed by atoms with E-state index in [4.69, 9.17) is 5.73 Å². The van der Waals surface area contributed by atoms with Crippen LogP contribution in [0.1, 0.15) is 41.1 Å². The lowest BCUT2D eigenvalue weighted by Crippen LogP contribution is -2.42. The smallest absolute Gasteiger partial charge is 0.335 e. The second kappa shape index (κ2) is 7.10. The molecule has 2 atom stereocenters. The van der Waals surface area contributed by atoms with Gasteiger partial charge in [-0.05, 0) is 36.8 Å². The number of fused-ring (bicyclic) bond motifs is 1. The number of carboxylic acids is 1. The molecule has 0 saturated heterocycles. The van der Waals surface area contributed by atoms with Crippen LogP contribution in [0.5, 0.6) is 0 Å². The molecule has 0 radical (unpaired) electrons. The molecule has 0 aliphatic heterocycles. The predicted octanol–water partition coefficient (Wildman–Crippen LogP) is 2.89. The van der Waals surface area contributed by atoms with Crippen molar-refractivity contribution in [3.05, 3.63) is 62.4 Å². The average molecular weight is 389 g/mol. The minimum Gasteiger partial charge on any atom is -0.478 e. The van der Waals surface area contributed by atoms with Crippen molar-refractivity contribution in [1.29, 1.82) is 15.8 Å². The number of allylic oxidation sites excluding steroid dienone is 4. The van der Waals surface area contributed by atoms with Crippen LogP contribution in [0.4, 0.5) is 5.69 Å². The summed E-state index contributed by atoms with van der Waals surface area (Å²) in [6, 6.07) is 9.19. The highest BCUT2D eigenvalue weighted by Gasteiger charge is 2.55. The van der Waals surface area contributed by atoms with Gasteiger partial charge in [-0.2, -0.15) is 15.8 Å². The first-order chi connectivity index (χ1) is 13.8. The second-order valence-electron chi connectivity index (χ2n) is 6.94. The molecule has 1 aromatic rings. The van der Waals surface area contributed by atoms with Crippen LogP contribution in [0.25, 0.3) is 0 Å². The van der Waals surface area contributed by atoms with E-state index >= 15 is 0 Å². The zero-order chi connectivity index (χ0) is 21.3. The molecule has 0 aromatic heterocycles. The fourth-order valence-electron chi connectivity index (χ4n) is 4.31. The zero-order valence-corrected chi connectivity index (χ0v) is 15.1. The topological polar surface area (TPSA) is 178 Å². The first-order valence-corrected chi connectivity index (χ1v) is 8.77. The Bertz CT molecular complexity index is 1100. The van der Waals surface area contributed by atoms with Crippen molar-refractivity contribution in [3.8, 4) is 18.2 Å². The number of rotatable bonds is 3. The maximum absolute atomic E-state index is 11.7. The summed E-state index contributed by atoms with van der Waals surface area (Å²) in [5, 5.41) is 50.4. The van der Waals surface area contributed by atoms with Crippen molar-refractivity contribution in [2.75, 3.05) is 0 Å². The van der Waals surface area contributed by atoms with Crippen LogP contribution in [0.15, 0.2) is 41.1 Å². The van der Waals surface area contributed by atoms with Gasteiger partial charge < -0.3 is 10.8 Å². The maximum atomic E-state index is 11.7. The molecular formula is C20H15N5O4. The molecule has 0 heterocycles. The van der Waals surface area contributed by atoms with Gasteiger partial charge in [0.15, 0.2) is 5.41 Å². The number of nitrogens with zero attached hydrogens (tertiary/aromatic N) is 4. The van der Waals surface area contributed by atoms with Gasteiger partial charge in [-0.3, -0.25) is 10.1 Å². The molecule has 144 valence electrons. The second-order valence-corrected chi connectivity index (χ2v) is 6.94. The van der Waals surface area contributed by atoms with Gasteiger partial charge in [-0.25, -0.2) is 4.79 Å². The number of nitro benzene ring substituents is 1. The summed E-state index contributed by atoms with van der Waals surface area (Å²) in [5.41, 5.74) is 3.85. The van der Waals surface area contributed by atoms with Gasteiger partial charge in [0.05, 0.1) is 33.9 Å². The van der Waals surface area contributed by atoms with E-state index in [-0.39, 0.29) is 22.4 Å². The van der Waals surface area contributed by atoms with E-state index in [0.29, 0.717) is 18.4 Å². The summed E-state index contributed by atoms with van der Waals surface area (Å²) < 4.78 is 0. The number of nitrogens with two attached hydrogens (primary N) is 1. The molecule has 3 rings (SSSR count). The summed E-state index contributed by atoms with van der Waals surface area (Å²) in [6.45, 7) is 0. The highest BCUT2D eigenvalue weighted by molar-refractivity contribution is 5.88. The van der Waals surface area contributed by atoms with E-state index < -0.39 is 33.8 Å². The minimum absolute atomic E-state index is 0.0563. The number of carboxylic acid groups (broad SMARTS) is 1. The molecular weight excluding hydrogens is 374 g/mol. The van der Waals surface area contributed by atoms with Crippen LogP contribution in [-0.2, 0) is 0 Å². The Morgan fingerprint density at radius 1 is 1.31 bits per heavy atom.